The third-order valence-electron chi connectivity index (χ3n) is 3.68. The maximum absolute atomic E-state index is 10.7. The van der Waals surface area contributed by atoms with Gasteiger partial charge in [0.2, 0.25) is 0 Å². The molecule has 0 amide bonds. The number of aliphatic carboxylic acids is 1. The highest BCUT2D eigenvalue weighted by Crippen LogP contribution is 2.54. The molecule has 0 aromatic heterocycles. The summed E-state index contributed by atoms with van der Waals surface area (Å²) < 4.78 is 0. The smallest absolute Gasteiger partial charge is 0.328 e. The number of unbranched alkanes of at least 4 members (excludes halogenated alkanes) is 1. The highest BCUT2D eigenvalue weighted by Gasteiger charge is 2.55. The molecule has 1 aliphatic rings. The van der Waals surface area contributed by atoms with Crippen LogP contribution < -0.4 is 0 Å². The first-order valence-corrected chi connectivity index (χ1v) is 6.63. The molecule has 0 aromatic carbocycles. The van der Waals surface area contributed by atoms with Crippen LogP contribution in [0.4, 0.5) is 0 Å². The van der Waals surface area contributed by atoms with E-state index in [0.29, 0.717) is 24.8 Å². The van der Waals surface area contributed by atoms with Crippen molar-refractivity contribution in [2.45, 2.75) is 51.6 Å². The highest BCUT2D eigenvalue weighted by molar-refractivity contribution is 5.81. The molecule has 2 N–H and O–H groups in total. The lowest BCUT2D eigenvalue weighted by molar-refractivity contribution is -0.131. The fourth-order valence-corrected chi connectivity index (χ4v) is 2.03. The number of rotatable bonds is 7. The van der Waals surface area contributed by atoms with Crippen molar-refractivity contribution in [2.24, 2.45) is 5.41 Å². The van der Waals surface area contributed by atoms with Gasteiger partial charge in [-0.2, -0.15) is 5.26 Å². The molecule has 0 radical (unpaired) electrons. The number of hydrogen-bond donors (Lipinski definition) is 2. The van der Waals surface area contributed by atoms with E-state index in [1.807, 2.05) is 6.92 Å². The van der Waals surface area contributed by atoms with Crippen molar-refractivity contribution in [1.82, 2.24) is 0 Å². The minimum Gasteiger partial charge on any atom is -0.478 e. The molecule has 0 unspecified atom stereocenters. The SMILES string of the molecule is CCCCC(=C/C(=O)O)/C=C/[C@](C)(O)C1(C#N)CC1. The molecule has 104 valence electrons. The van der Waals surface area contributed by atoms with Gasteiger partial charge in [0.05, 0.1) is 17.1 Å². The van der Waals surface area contributed by atoms with Gasteiger partial charge in [0.15, 0.2) is 0 Å². The molecule has 1 rings (SSSR count). The topological polar surface area (TPSA) is 81.3 Å². The molecule has 1 aliphatic carbocycles. The summed E-state index contributed by atoms with van der Waals surface area (Å²) >= 11 is 0. The van der Waals surface area contributed by atoms with E-state index in [1.54, 1.807) is 19.1 Å². The van der Waals surface area contributed by atoms with Crippen molar-refractivity contribution in [3.63, 3.8) is 0 Å². The van der Waals surface area contributed by atoms with Crippen molar-refractivity contribution in [3.05, 3.63) is 23.8 Å². The molecule has 1 atom stereocenters. The Labute approximate surface area is 114 Å². The van der Waals surface area contributed by atoms with Gasteiger partial charge < -0.3 is 10.2 Å². The van der Waals surface area contributed by atoms with E-state index >= 15 is 0 Å². The van der Waals surface area contributed by atoms with E-state index in [0.717, 1.165) is 18.9 Å². The number of hydrogen-bond acceptors (Lipinski definition) is 3. The zero-order chi connectivity index (χ0) is 14.5. The Morgan fingerprint density at radius 3 is 2.58 bits per heavy atom. The molecule has 19 heavy (non-hydrogen) atoms. The number of carboxylic acid groups (broad SMARTS) is 1. The summed E-state index contributed by atoms with van der Waals surface area (Å²) in [4.78, 5) is 10.7. The number of nitriles is 1. The second kappa shape index (κ2) is 6.03. The van der Waals surface area contributed by atoms with Crippen molar-refractivity contribution < 1.29 is 15.0 Å². The Hall–Kier alpha value is -1.60. The van der Waals surface area contributed by atoms with Crippen LogP contribution in [0, 0.1) is 16.7 Å². The Bertz CT molecular complexity index is 437. The lowest BCUT2D eigenvalue weighted by atomic mass is 9.86. The van der Waals surface area contributed by atoms with E-state index in [4.69, 9.17) is 10.4 Å². The average molecular weight is 263 g/mol. The van der Waals surface area contributed by atoms with Gasteiger partial charge in [-0.3, -0.25) is 0 Å². The largest absolute Gasteiger partial charge is 0.478 e. The van der Waals surface area contributed by atoms with E-state index in [-0.39, 0.29) is 0 Å². The molecular formula is C15H21NO3. The quantitative estimate of drug-likeness (QED) is 0.546. The maximum atomic E-state index is 10.7. The molecule has 1 fully saturated rings. The predicted octanol–water partition coefficient (Wildman–Crippen LogP) is 2.80. The molecule has 0 heterocycles. The van der Waals surface area contributed by atoms with Crippen LogP contribution in [0.25, 0.3) is 0 Å². The van der Waals surface area contributed by atoms with Crippen LogP contribution in [0.15, 0.2) is 23.8 Å². The molecule has 0 bridgehead atoms. The van der Waals surface area contributed by atoms with Gasteiger partial charge in [-0.15, -0.1) is 0 Å². The Kier molecular flexibility index (Phi) is 4.90. The molecule has 1 saturated carbocycles. The van der Waals surface area contributed by atoms with Gasteiger partial charge in [0.1, 0.15) is 0 Å². The summed E-state index contributed by atoms with van der Waals surface area (Å²) in [6, 6.07) is 2.16. The van der Waals surface area contributed by atoms with Crippen molar-refractivity contribution in [1.29, 1.82) is 5.26 Å². The zero-order valence-corrected chi connectivity index (χ0v) is 11.5. The number of nitrogens with zero attached hydrogens (tertiary/aromatic N) is 1. The third-order valence-corrected chi connectivity index (χ3v) is 3.68. The first kappa shape index (κ1) is 15.5. The van der Waals surface area contributed by atoms with Crippen LogP contribution in [-0.2, 0) is 4.79 Å². The fourth-order valence-electron chi connectivity index (χ4n) is 2.03. The maximum Gasteiger partial charge on any atom is 0.328 e. The summed E-state index contributed by atoms with van der Waals surface area (Å²) in [6.45, 7) is 3.64. The summed E-state index contributed by atoms with van der Waals surface area (Å²) in [7, 11) is 0. The Morgan fingerprint density at radius 2 is 2.16 bits per heavy atom. The Morgan fingerprint density at radius 1 is 1.53 bits per heavy atom. The van der Waals surface area contributed by atoms with Gasteiger partial charge in [-0.1, -0.05) is 25.5 Å². The first-order chi connectivity index (χ1) is 8.87. The van der Waals surface area contributed by atoms with Gasteiger partial charge in [0.25, 0.3) is 0 Å². The molecule has 4 nitrogen and oxygen atoms in total. The van der Waals surface area contributed by atoms with Crippen molar-refractivity contribution >= 4 is 5.97 Å². The molecule has 4 heteroatoms. The summed E-state index contributed by atoms with van der Waals surface area (Å²) in [6.07, 6.45) is 8.28. The minimum absolute atomic E-state index is 0.662. The predicted molar refractivity (Wildman–Crippen MR) is 72.3 cm³/mol. The molecule has 0 aromatic rings. The van der Waals surface area contributed by atoms with E-state index < -0.39 is 17.0 Å². The lowest BCUT2D eigenvalue weighted by Crippen LogP contribution is -2.32. The molecule has 0 saturated heterocycles. The molecular weight excluding hydrogens is 242 g/mol. The number of carbonyl (C=O) groups is 1. The Balaban J connectivity index is 2.81. The number of carboxylic acids is 1. The van der Waals surface area contributed by atoms with Crippen LogP contribution in [0.5, 0.6) is 0 Å². The van der Waals surface area contributed by atoms with Crippen LogP contribution >= 0.6 is 0 Å². The van der Waals surface area contributed by atoms with Crippen LogP contribution in [0.2, 0.25) is 0 Å². The standard InChI is InChI=1S/C15H21NO3/c1-3-4-5-12(10-13(17)18)6-7-14(2,19)15(11-16)8-9-15/h6-7,10,19H,3-5,8-9H2,1-2H3,(H,17,18)/b7-6+,12-10-/t14-/m0/s1. The second-order valence-electron chi connectivity index (χ2n) is 5.34. The first-order valence-electron chi connectivity index (χ1n) is 6.63. The number of aliphatic hydroxyl groups is 1. The van der Waals surface area contributed by atoms with Gasteiger partial charge in [0, 0.05) is 6.08 Å². The van der Waals surface area contributed by atoms with Crippen LogP contribution in [0.3, 0.4) is 0 Å². The zero-order valence-electron chi connectivity index (χ0n) is 11.5. The van der Waals surface area contributed by atoms with Gasteiger partial charge in [-0.05, 0) is 38.2 Å². The third kappa shape index (κ3) is 3.93. The normalized spacial score (nSPS) is 20.8. The average Bonchev–Trinajstić information content (AvgIpc) is 3.13. The monoisotopic (exact) mass is 263 g/mol. The lowest BCUT2D eigenvalue weighted by Gasteiger charge is -2.24. The second-order valence-corrected chi connectivity index (χ2v) is 5.34. The fraction of sp³-hybridized carbons (Fsp3) is 0.600. The van der Waals surface area contributed by atoms with Crippen LogP contribution in [-0.4, -0.2) is 21.8 Å². The number of allylic oxidation sites excluding steroid dienone is 2. The van der Waals surface area contributed by atoms with Gasteiger partial charge >= 0.3 is 5.97 Å². The molecule has 0 aliphatic heterocycles. The van der Waals surface area contributed by atoms with E-state index in [9.17, 15) is 9.90 Å². The van der Waals surface area contributed by atoms with Crippen molar-refractivity contribution in [2.75, 3.05) is 0 Å². The highest BCUT2D eigenvalue weighted by atomic mass is 16.4. The molecule has 0 spiro atoms. The van der Waals surface area contributed by atoms with Gasteiger partial charge in [-0.25, -0.2) is 4.79 Å². The minimum atomic E-state index is -1.20. The van der Waals surface area contributed by atoms with Crippen molar-refractivity contribution in [3.8, 4) is 6.07 Å². The van der Waals surface area contributed by atoms with E-state index in [1.165, 1.54) is 0 Å². The van der Waals surface area contributed by atoms with Crippen LogP contribution in [0.1, 0.15) is 46.0 Å². The summed E-state index contributed by atoms with van der Waals surface area (Å²) in [5, 5.41) is 28.2. The van der Waals surface area contributed by atoms with E-state index in [2.05, 4.69) is 6.07 Å². The summed E-state index contributed by atoms with van der Waals surface area (Å²) in [5.41, 5.74) is -1.22. The summed E-state index contributed by atoms with van der Waals surface area (Å²) in [5.74, 6) is -0.989.